The van der Waals surface area contributed by atoms with Gasteiger partial charge in [0.05, 0.1) is 5.39 Å². The summed E-state index contributed by atoms with van der Waals surface area (Å²) in [6.07, 6.45) is 4.95. The Morgan fingerprint density at radius 2 is 1.53 bits per heavy atom. The van der Waals surface area contributed by atoms with Gasteiger partial charge >= 0.3 is 0 Å². The van der Waals surface area contributed by atoms with Crippen molar-refractivity contribution in [1.82, 2.24) is 20.9 Å². The van der Waals surface area contributed by atoms with Gasteiger partial charge in [-0.25, -0.2) is 10.5 Å². The number of fused-ring (bicyclic) bond motifs is 1. The number of H-pyrrole nitrogens is 1. The molecule has 34 heavy (non-hydrogen) atoms. The number of aromatic nitrogens is 2. The fourth-order valence-corrected chi connectivity index (χ4v) is 3.34. The summed E-state index contributed by atoms with van der Waals surface area (Å²) in [6, 6.07) is 23.7. The molecular weight excluding hydrogens is 430 g/mol. The van der Waals surface area contributed by atoms with Crippen LogP contribution in [0, 0.1) is 0 Å². The standard InChI is InChI=1S/C26H21N5O3/c32-24(19-13-5-2-6-14-19)28-23(22-20-15-7-8-16-21(20)25(33)31-29-22)26(34)30-27-17-9-12-18-10-3-1-4-11-18/h1-17,23H,(H,28,32)(H,30,34)(H,31,33)/b12-9+,27-17?/t23-/m1/s1. The first-order chi connectivity index (χ1) is 16.6. The van der Waals surface area contributed by atoms with Crippen LogP contribution in [-0.2, 0) is 4.79 Å². The number of hydrogen-bond acceptors (Lipinski definition) is 5. The molecule has 0 radical (unpaired) electrons. The van der Waals surface area contributed by atoms with E-state index >= 15 is 0 Å². The van der Waals surface area contributed by atoms with Gasteiger partial charge in [-0.05, 0) is 29.8 Å². The second-order valence-electron chi connectivity index (χ2n) is 7.28. The summed E-state index contributed by atoms with van der Waals surface area (Å²) in [4.78, 5) is 38.1. The van der Waals surface area contributed by atoms with Crippen LogP contribution in [0.5, 0.6) is 0 Å². The van der Waals surface area contributed by atoms with Crippen molar-refractivity contribution in [3.63, 3.8) is 0 Å². The molecule has 0 fully saturated rings. The Labute approximate surface area is 195 Å². The number of hydrogen-bond donors (Lipinski definition) is 3. The molecule has 4 rings (SSSR count). The third-order valence-electron chi connectivity index (χ3n) is 5.00. The molecule has 2 amide bonds. The smallest absolute Gasteiger partial charge is 0.272 e. The average Bonchev–Trinajstić information content (AvgIpc) is 2.88. The highest BCUT2D eigenvalue weighted by Gasteiger charge is 2.27. The molecule has 0 aliphatic rings. The van der Waals surface area contributed by atoms with E-state index in [0.717, 1.165) is 5.56 Å². The predicted octanol–water partition coefficient (Wildman–Crippen LogP) is 3.21. The third-order valence-corrected chi connectivity index (χ3v) is 5.00. The van der Waals surface area contributed by atoms with E-state index in [9.17, 15) is 14.4 Å². The van der Waals surface area contributed by atoms with Crippen LogP contribution in [0.15, 0.2) is 101 Å². The lowest BCUT2D eigenvalue weighted by atomic mass is 10.0. The van der Waals surface area contributed by atoms with E-state index in [1.807, 2.05) is 36.4 Å². The zero-order valence-electron chi connectivity index (χ0n) is 18.0. The van der Waals surface area contributed by atoms with Crippen LogP contribution in [-0.4, -0.2) is 28.2 Å². The highest BCUT2D eigenvalue weighted by atomic mass is 16.2. The van der Waals surface area contributed by atoms with Crippen molar-refractivity contribution in [2.75, 3.05) is 0 Å². The third kappa shape index (κ3) is 5.31. The number of amides is 2. The second-order valence-corrected chi connectivity index (χ2v) is 7.28. The van der Waals surface area contributed by atoms with Crippen LogP contribution < -0.4 is 16.3 Å². The van der Waals surface area contributed by atoms with Crippen LogP contribution in [0.3, 0.4) is 0 Å². The lowest BCUT2D eigenvalue weighted by molar-refractivity contribution is -0.123. The molecule has 0 aliphatic heterocycles. The van der Waals surface area contributed by atoms with Crippen LogP contribution in [0.25, 0.3) is 16.8 Å². The van der Waals surface area contributed by atoms with E-state index in [0.29, 0.717) is 16.3 Å². The molecule has 0 bridgehead atoms. The first-order valence-electron chi connectivity index (χ1n) is 10.5. The van der Waals surface area contributed by atoms with Gasteiger partial charge in [0.2, 0.25) is 0 Å². The van der Waals surface area contributed by atoms with E-state index in [-0.39, 0.29) is 5.69 Å². The second kappa shape index (κ2) is 10.6. The molecule has 0 saturated carbocycles. The van der Waals surface area contributed by atoms with Crippen molar-refractivity contribution in [2.24, 2.45) is 5.10 Å². The zero-order valence-corrected chi connectivity index (χ0v) is 18.0. The maximum Gasteiger partial charge on any atom is 0.272 e. The Morgan fingerprint density at radius 1 is 0.882 bits per heavy atom. The number of carbonyl (C=O) groups is 2. The molecule has 1 atom stereocenters. The molecular formula is C26H21N5O3. The van der Waals surface area contributed by atoms with Crippen molar-refractivity contribution < 1.29 is 9.59 Å². The van der Waals surface area contributed by atoms with Crippen molar-refractivity contribution in [2.45, 2.75) is 6.04 Å². The lowest BCUT2D eigenvalue weighted by Crippen LogP contribution is -2.40. The summed E-state index contributed by atoms with van der Waals surface area (Å²) < 4.78 is 0. The Bertz CT molecular complexity index is 1410. The molecule has 3 aromatic carbocycles. The summed E-state index contributed by atoms with van der Waals surface area (Å²) in [5.41, 5.74) is 3.61. The number of allylic oxidation sites excluding steroid dienone is 1. The maximum absolute atomic E-state index is 13.1. The largest absolute Gasteiger partial charge is 0.335 e. The summed E-state index contributed by atoms with van der Waals surface area (Å²) >= 11 is 0. The number of aromatic amines is 1. The molecule has 0 spiro atoms. The fraction of sp³-hybridized carbons (Fsp3) is 0.0385. The first-order valence-corrected chi connectivity index (χ1v) is 10.5. The Balaban J connectivity index is 1.60. The van der Waals surface area contributed by atoms with E-state index in [1.165, 1.54) is 6.21 Å². The van der Waals surface area contributed by atoms with Crippen LogP contribution in [0.4, 0.5) is 0 Å². The minimum absolute atomic E-state index is 0.201. The summed E-state index contributed by atoms with van der Waals surface area (Å²) in [6.45, 7) is 0. The monoisotopic (exact) mass is 451 g/mol. The summed E-state index contributed by atoms with van der Waals surface area (Å²) in [5, 5.41) is 13.9. The summed E-state index contributed by atoms with van der Waals surface area (Å²) in [7, 11) is 0. The number of benzene rings is 3. The van der Waals surface area contributed by atoms with Crippen molar-refractivity contribution in [3.8, 4) is 0 Å². The van der Waals surface area contributed by atoms with Crippen LogP contribution in [0.2, 0.25) is 0 Å². The molecule has 8 heteroatoms. The highest BCUT2D eigenvalue weighted by molar-refractivity contribution is 5.99. The quantitative estimate of drug-likeness (QED) is 0.295. The highest BCUT2D eigenvalue weighted by Crippen LogP contribution is 2.20. The SMILES string of the molecule is O=C(N[C@@H](C(=O)NN=C/C=C/c1ccccc1)c1n[nH]c(=O)c2ccccc12)c1ccccc1. The van der Waals surface area contributed by atoms with Crippen molar-refractivity contribution >= 4 is 34.9 Å². The average molecular weight is 451 g/mol. The number of nitrogens with one attached hydrogen (secondary N) is 3. The van der Waals surface area contributed by atoms with Crippen molar-refractivity contribution in [1.29, 1.82) is 0 Å². The van der Waals surface area contributed by atoms with E-state index in [1.54, 1.807) is 60.7 Å². The van der Waals surface area contributed by atoms with Crippen LogP contribution >= 0.6 is 0 Å². The molecule has 0 saturated heterocycles. The van der Waals surface area contributed by atoms with Crippen LogP contribution in [0.1, 0.15) is 27.7 Å². The minimum Gasteiger partial charge on any atom is -0.335 e. The van der Waals surface area contributed by atoms with Gasteiger partial charge in [0.15, 0.2) is 6.04 Å². The topological polar surface area (TPSA) is 116 Å². The summed E-state index contributed by atoms with van der Waals surface area (Å²) in [5.74, 6) is -1.08. The molecule has 0 aliphatic carbocycles. The van der Waals surface area contributed by atoms with Gasteiger partial charge in [-0.15, -0.1) is 0 Å². The lowest BCUT2D eigenvalue weighted by Gasteiger charge is -2.18. The molecule has 0 unspecified atom stereocenters. The molecule has 168 valence electrons. The van der Waals surface area contributed by atoms with E-state index < -0.39 is 23.4 Å². The van der Waals surface area contributed by atoms with Gasteiger partial charge in [-0.1, -0.05) is 72.8 Å². The van der Waals surface area contributed by atoms with Gasteiger partial charge in [0, 0.05) is 17.2 Å². The van der Waals surface area contributed by atoms with Gasteiger partial charge in [-0.2, -0.15) is 10.2 Å². The van der Waals surface area contributed by atoms with E-state index in [4.69, 9.17) is 0 Å². The normalized spacial score (nSPS) is 12.1. The molecule has 8 nitrogen and oxygen atoms in total. The van der Waals surface area contributed by atoms with Gasteiger partial charge in [0.1, 0.15) is 5.69 Å². The van der Waals surface area contributed by atoms with E-state index in [2.05, 4.69) is 26.0 Å². The van der Waals surface area contributed by atoms with Gasteiger partial charge in [0.25, 0.3) is 17.4 Å². The first kappa shape index (κ1) is 22.3. The Morgan fingerprint density at radius 3 is 2.26 bits per heavy atom. The predicted molar refractivity (Wildman–Crippen MR) is 131 cm³/mol. The zero-order chi connectivity index (χ0) is 23.8. The number of rotatable bonds is 7. The van der Waals surface area contributed by atoms with Gasteiger partial charge < -0.3 is 5.32 Å². The van der Waals surface area contributed by atoms with Crippen molar-refractivity contribution in [3.05, 3.63) is 118 Å². The Kier molecular flexibility index (Phi) is 7.00. The maximum atomic E-state index is 13.1. The van der Waals surface area contributed by atoms with Gasteiger partial charge in [-0.3, -0.25) is 14.4 Å². The molecule has 1 aromatic heterocycles. The number of carbonyl (C=O) groups excluding carboxylic acids is 2. The fourth-order valence-electron chi connectivity index (χ4n) is 3.34. The molecule has 3 N–H and O–H groups in total. The number of nitrogens with zero attached hydrogens (tertiary/aromatic N) is 2. The minimum atomic E-state index is -1.20. The molecule has 1 heterocycles. The Hall–Kier alpha value is -4.85. The molecule has 4 aromatic rings. The number of hydrazone groups is 1.